The Balaban J connectivity index is 1.35. The van der Waals surface area contributed by atoms with Crippen molar-refractivity contribution in [3.63, 3.8) is 0 Å². The molecule has 5 nitrogen and oxygen atoms in total. The molecule has 2 aliphatic rings. The minimum Gasteiger partial charge on any atom is -0.358 e. The van der Waals surface area contributed by atoms with E-state index in [0.717, 1.165) is 60.9 Å². The quantitative estimate of drug-likeness (QED) is 0.882. The SMILES string of the molecule is Cc1[nH]c2ccccc2c1CC(=O)N1CCC(C(=O)N2CCCCCC2)CC1. The number of piperidine rings is 1. The minimum absolute atomic E-state index is 0.0944. The van der Waals surface area contributed by atoms with Crippen LogP contribution in [0.3, 0.4) is 0 Å². The molecule has 0 radical (unpaired) electrons. The van der Waals surface area contributed by atoms with E-state index in [0.29, 0.717) is 25.4 Å². The Bertz CT molecular complexity index is 841. The van der Waals surface area contributed by atoms with Gasteiger partial charge in [0.25, 0.3) is 0 Å². The number of hydrogen-bond acceptors (Lipinski definition) is 2. The van der Waals surface area contributed by atoms with Crippen molar-refractivity contribution in [1.29, 1.82) is 0 Å². The summed E-state index contributed by atoms with van der Waals surface area (Å²) >= 11 is 0. The van der Waals surface area contributed by atoms with Gasteiger partial charge in [-0.1, -0.05) is 31.0 Å². The molecule has 3 heterocycles. The molecule has 5 heteroatoms. The van der Waals surface area contributed by atoms with Crippen LogP contribution in [0.2, 0.25) is 0 Å². The van der Waals surface area contributed by atoms with Crippen LogP contribution in [0.1, 0.15) is 49.8 Å². The lowest BCUT2D eigenvalue weighted by Crippen LogP contribution is -2.45. The minimum atomic E-state index is 0.0944. The third-order valence-electron chi connectivity index (χ3n) is 6.47. The zero-order valence-corrected chi connectivity index (χ0v) is 16.9. The number of hydrogen-bond donors (Lipinski definition) is 1. The largest absolute Gasteiger partial charge is 0.358 e. The fraction of sp³-hybridized carbons (Fsp3) is 0.565. The number of likely N-dealkylation sites (tertiary alicyclic amines) is 2. The number of carbonyl (C=O) groups is 2. The highest BCUT2D eigenvalue weighted by molar-refractivity contribution is 5.90. The van der Waals surface area contributed by atoms with E-state index in [4.69, 9.17) is 0 Å². The summed E-state index contributed by atoms with van der Waals surface area (Å²) in [5.41, 5.74) is 3.26. The number of aromatic amines is 1. The van der Waals surface area contributed by atoms with Gasteiger partial charge < -0.3 is 14.8 Å². The van der Waals surface area contributed by atoms with E-state index in [9.17, 15) is 9.59 Å². The molecule has 1 N–H and O–H groups in total. The smallest absolute Gasteiger partial charge is 0.227 e. The zero-order valence-electron chi connectivity index (χ0n) is 16.9. The van der Waals surface area contributed by atoms with E-state index in [1.165, 1.54) is 12.8 Å². The molecule has 2 aliphatic heterocycles. The van der Waals surface area contributed by atoms with Gasteiger partial charge in [0.1, 0.15) is 0 Å². The lowest BCUT2D eigenvalue weighted by Gasteiger charge is -2.34. The second-order valence-electron chi connectivity index (χ2n) is 8.35. The molecular weight excluding hydrogens is 350 g/mol. The first kappa shape index (κ1) is 19.0. The molecule has 0 bridgehead atoms. The van der Waals surface area contributed by atoms with Crippen molar-refractivity contribution < 1.29 is 9.59 Å². The number of amides is 2. The summed E-state index contributed by atoms with van der Waals surface area (Å²) in [6, 6.07) is 8.16. The summed E-state index contributed by atoms with van der Waals surface area (Å²) < 4.78 is 0. The van der Waals surface area contributed by atoms with Gasteiger partial charge in [-0.25, -0.2) is 0 Å². The van der Waals surface area contributed by atoms with E-state index < -0.39 is 0 Å². The van der Waals surface area contributed by atoms with Crippen molar-refractivity contribution >= 4 is 22.7 Å². The van der Waals surface area contributed by atoms with Gasteiger partial charge in [-0.2, -0.15) is 0 Å². The molecule has 0 spiro atoms. The Hall–Kier alpha value is -2.30. The number of carbonyl (C=O) groups excluding carboxylic acids is 2. The Morgan fingerprint density at radius 3 is 2.36 bits per heavy atom. The van der Waals surface area contributed by atoms with Crippen molar-refractivity contribution in [2.75, 3.05) is 26.2 Å². The zero-order chi connectivity index (χ0) is 19.5. The summed E-state index contributed by atoms with van der Waals surface area (Å²) in [4.78, 5) is 33.2. The van der Waals surface area contributed by atoms with Gasteiger partial charge in [0.05, 0.1) is 6.42 Å². The molecule has 0 atom stereocenters. The fourth-order valence-corrected chi connectivity index (χ4v) is 4.75. The maximum absolute atomic E-state index is 12.9. The maximum Gasteiger partial charge on any atom is 0.227 e. The van der Waals surface area contributed by atoms with Gasteiger partial charge >= 0.3 is 0 Å². The van der Waals surface area contributed by atoms with Gasteiger partial charge in [-0.3, -0.25) is 9.59 Å². The number of aromatic nitrogens is 1. The number of para-hydroxylation sites is 1. The fourth-order valence-electron chi connectivity index (χ4n) is 4.75. The van der Waals surface area contributed by atoms with E-state index in [2.05, 4.69) is 22.0 Å². The lowest BCUT2D eigenvalue weighted by molar-refractivity contribution is -0.140. The second-order valence-corrected chi connectivity index (χ2v) is 8.35. The van der Waals surface area contributed by atoms with Crippen LogP contribution in [-0.4, -0.2) is 52.8 Å². The van der Waals surface area contributed by atoms with E-state index in [1.54, 1.807) is 0 Å². The van der Waals surface area contributed by atoms with Crippen LogP contribution in [0.25, 0.3) is 10.9 Å². The van der Waals surface area contributed by atoms with Crippen molar-refractivity contribution in [3.8, 4) is 0 Å². The highest BCUT2D eigenvalue weighted by Crippen LogP contribution is 2.25. The highest BCUT2D eigenvalue weighted by Gasteiger charge is 2.30. The molecule has 28 heavy (non-hydrogen) atoms. The molecule has 2 amide bonds. The number of benzene rings is 1. The Kier molecular flexibility index (Phi) is 5.69. The number of nitrogens with one attached hydrogen (secondary N) is 1. The monoisotopic (exact) mass is 381 g/mol. The Labute approximate surface area is 167 Å². The van der Waals surface area contributed by atoms with Crippen LogP contribution >= 0.6 is 0 Å². The molecule has 0 saturated carbocycles. The summed E-state index contributed by atoms with van der Waals surface area (Å²) in [6.45, 7) is 5.26. The molecule has 1 aromatic carbocycles. The molecule has 0 aliphatic carbocycles. The maximum atomic E-state index is 12.9. The van der Waals surface area contributed by atoms with Gasteiger partial charge in [0.2, 0.25) is 11.8 Å². The summed E-state index contributed by atoms with van der Waals surface area (Å²) in [5, 5.41) is 1.14. The molecule has 2 fully saturated rings. The van der Waals surface area contributed by atoms with Crippen LogP contribution < -0.4 is 0 Å². The van der Waals surface area contributed by atoms with Crippen LogP contribution in [-0.2, 0) is 16.0 Å². The number of H-pyrrole nitrogens is 1. The third kappa shape index (κ3) is 3.94. The van der Waals surface area contributed by atoms with Crippen LogP contribution in [0.5, 0.6) is 0 Å². The van der Waals surface area contributed by atoms with Crippen LogP contribution in [0.4, 0.5) is 0 Å². The molecule has 4 rings (SSSR count). The van der Waals surface area contributed by atoms with Gasteiger partial charge in [-0.15, -0.1) is 0 Å². The second kappa shape index (κ2) is 8.38. The molecular formula is C23H31N3O2. The van der Waals surface area contributed by atoms with Gasteiger partial charge in [0, 0.05) is 48.7 Å². The predicted molar refractivity (Wildman–Crippen MR) is 111 cm³/mol. The molecule has 150 valence electrons. The Morgan fingerprint density at radius 1 is 0.964 bits per heavy atom. The highest BCUT2D eigenvalue weighted by atomic mass is 16.2. The first-order chi connectivity index (χ1) is 13.6. The summed E-state index contributed by atoms with van der Waals surface area (Å²) in [6.07, 6.45) is 6.77. The first-order valence-corrected chi connectivity index (χ1v) is 10.8. The van der Waals surface area contributed by atoms with Gasteiger partial charge in [0.15, 0.2) is 0 Å². The van der Waals surface area contributed by atoms with Crippen molar-refractivity contribution in [3.05, 3.63) is 35.5 Å². The van der Waals surface area contributed by atoms with Crippen LogP contribution in [0.15, 0.2) is 24.3 Å². The molecule has 2 saturated heterocycles. The summed E-state index contributed by atoms with van der Waals surface area (Å²) in [7, 11) is 0. The lowest BCUT2D eigenvalue weighted by atomic mass is 9.94. The van der Waals surface area contributed by atoms with Crippen molar-refractivity contribution in [2.24, 2.45) is 5.92 Å². The molecule has 1 aromatic heterocycles. The van der Waals surface area contributed by atoms with Crippen molar-refractivity contribution in [1.82, 2.24) is 14.8 Å². The van der Waals surface area contributed by atoms with E-state index in [-0.39, 0.29) is 11.8 Å². The van der Waals surface area contributed by atoms with Crippen molar-refractivity contribution in [2.45, 2.75) is 51.9 Å². The third-order valence-corrected chi connectivity index (χ3v) is 6.47. The number of rotatable bonds is 3. The average Bonchev–Trinajstić information content (AvgIpc) is 2.90. The normalized spacial score (nSPS) is 19.0. The van der Waals surface area contributed by atoms with Gasteiger partial charge in [-0.05, 0) is 44.2 Å². The van der Waals surface area contributed by atoms with Crippen LogP contribution in [0, 0.1) is 12.8 Å². The van der Waals surface area contributed by atoms with E-state index in [1.807, 2.05) is 24.0 Å². The molecule has 2 aromatic rings. The number of nitrogens with zero attached hydrogens (tertiary/aromatic N) is 2. The Morgan fingerprint density at radius 2 is 1.64 bits per heavy atom. The number of aryl methyl sites for hydroxylation is 1. The standard InChI is InChI=1S/C23H31N3O2/c1-17-20(19-8-4-5-9-21(19)24-17)16-22(27)25-14-10-18(11-15-25)23(28)26-12-6-2-3-7-13-26/h4-5,8-9,18,24H,2-3,6-7,10-16H2,1H3. The molecule has 0 unspecified atom stereocenters. The number of fused-ring (bicyclic) bond motifs is 1. The summed E-state index contributed by atoms with van der Waals surface area (Å²) in [5.74, 6) is 0.590. The first-order valence-electron chi connectivity index (χ1n) is 10.8. The van der Waals surface area contributed by atoms with E-state index >= 15 is 0 Å². The predicted octanol–water partition coefficient (Wildman–Crippen LogP) is 3.66. The average molecular weight is 382 g/mol. The topological polar surface area (TPSA) is 56.4 Å².